The van der Waals surface area contributed by atoms with E-state index in [0.717, 1.165) is 4.90 Å². The van der Waals surface area contributed by atoms with E-state index in [-0.39, 0.29) is 55.6 Å². The molecule has 4 amide bonds. The smallest absolute Gasteiger partial charge is 0.261 e. The largest absolute Gasteiger partial charge is 0.352 e. The van der Waals surface area contributed by atoms with Crippen LogP contribution in [0.25, 0.3) is 0 Å². The van der Waals surface area contributed by atoms with Gasteiger partial charge in [0.15, 0.2) is 0 Å². The highest BCUT2D eigenvalue weighted by atomic mass is 35.5. The summed E-state index contributed by atoms with van der Waals surface area (Å²) in [4.78, 5) is 53.6. The lowest BCUT2D eigenvalue weighted by Gasteiger charge is -2.30. The maximum absolute atomic E-state index is 13.2. The summed E-state index contributed by atoms with van der Waals surface area (Å²) in [6, 6.07) is 10.8. The standard InChI is InChI=1S/C25H27Cl2N3O4/c1-15(2)28-23(32)16(3)30(14-19-20(26)10-6-11-21(19)27)22(31)12-7-13-29-24(33)17-8-4-5-9-18(17)25(29)34/h4-6,8-11,15-16H,7,12-14H2,1-3H3,(H,28,32)/t16-/m0/s1. The molecule has 2 aromatic rings. The van der Waals surface area contributed by atoms with Gasteiger partial charge in [0, 0.05) is 41.2 Å². The Morgan fingerprint density at radius 3 is 2.03 bits per heavy atom. The summed E-state index contributed by atoms with van der Waals surface area (Å²) in [5.41, 5.74) is 1.28. The fourth-order valence-corrected chi connectivity index (χ4v) is 4.33. The molecule has 1 atom stereocenters. The van der Waals surface area contributed by atoms with Crippen LogP contribution in [-0.2, 0) is 16.1 Å². The van der Waals surface area contributed by atoms with Crippen molar-refractivity contribution in [3.63, 3.8) is 0 Å². The first-order valence-corrected chi connectivity index (χ1v) is 11.8. The van der Waals surface area contributed by atoms with Crippen LogP contribution in [0.4, 0.5) is 0 Å². The second kappa shape index (κ2) is 11.0. The number of carbonyl (C=O) groups is 4. The van der Waals surface area contributed by atoms with Crippen LogP contribution in [0.5, 0.6) is 0 Å². The lowest BCUT2D eigenvalue weighted by atomic mass is 10.1. The normalized spacial score (nSPS) is 13.8. The monoisotopic (exact) mass is 503 g/mol. The molecule has 0 spiro atoms. The van der Waals surface area contributed by atoms with Gasteiger partial charge in [-0.05, 0) is 51.5 Å². The highest BCUT2D eigenvalue weighted by molar-refractivity contribution is 6.36. The molecule has 0 saturated carbocycles. The molecule has 0 radical (unpaired) electrons. The highest BCUT2D eigenvalue weighted by Gasteiger charge is 2.35. The number of benzene rings is 2. The third kappa shape index (κ3) is 5.59. The molecule has 0 aliphatic carbocycles. The first kappa shape index (κ1) is 25.7. The van der Waals surface area contributed by atoms with Crippen molar-refractivity contribution in [1.82, 2.24) is 15.1 Å². The summed E-state index contributed by atoms with van der Waals surface area (Å²) in [5.74, 6) is -1.33. The zero-order valence-corrected chi connectivity index (χ0v) is 20.8. The summed E-state index contributed by atoms with van der Waals surface area (Å²) in [7, 11) is 0. The predicted octanol–water partition coefficient (Wildman–Crippen LogP) is 4.31. The van der Waals surface area contributed by atoms with Gasteiger partial charge in [0.1, 0.15) is 6.04 Å². The van der Waals surface area contributed by atoms with Gasteiger partial charge >= 0.3 is 0 Å². The summed E-state index contributed by atoms with van der Waals surface area (Å²) in [6.45, 7) is 5.47. The van der Waals surface area contributed by atoms with Crippen molar-refractivity contribution in [1.29, 1.82) is 0 Å². The topological polar surface area (TPSA) is 86.8 Å². The van der Waals surface area contributed by atoms with Crippen molar-refractivity contribution in [3.8, 4) is 0 Å². The number of imide groups is 1. The molecule has 0 aromatic heterocycles. The molecule has 1 N–H and O–H groups in total. The number of halogens is 2. The lowest BCUT2D eigenvalue weighted by Crippen LogP contribution is -2.49. The van der Waals surface area contributed by atoms with Gasteiger partial charge in [0.25, 0.3) is 11.8 Å². The number of rotatable bonds is 9. The Hall–Kier alpha value is -2.90. The van der Waals surface area contributed by atoms with E-state index < -0.39 is 6.04 Å². The molecular weight excluding hydrogens is 477 g/mol. The predicted molar refractivity (Wildman–Crippen MR) is 131 cm³/mol. The Labute approximate surface area is 209 Å². The molecule has 7 nitrogen and oxygen atoms in total. The number of amides is 4. The van der Waals surface area contributed by atoms with Crippen molar-refractivity contribution >= 4 is 46.8 Å². The molecule has 0 bridgehead atoms. The van der Waals surface area contributed by atoms with Gasteiger partial charge in [0.05, 0.1) is 11.1 Å². The quantitative estimate of drug-likeness (QED) is 0.516. The molecule has 1 heterocycles. The fraction of sp³-hybridized carbons (Fsp3) is 0.360. The van der Waals surface area contributed by atoms with Crippen LogP contribution in [0.1, 0.15) is 59.9 Å². The summed E-state index contributed by atoms with van der Waals surface area (Å²) >= 11 is 12.6. The first-order valence-electron chi connectivity index (χ1n) is 11.1. The van der Waals surface area contributed by atoms with E-state index in [0.29, 0.717) is 26.7 Å². The van der Waals surface area contributed by atoms with Crippen LogP contribution in [0.15, 0.2) is 42.5 Å². The number of nitrogens with one attached hydrogen (secondary N) is 1. The van der Waals surface area contributed by atoms with Gasteiger partial charge in [-0.2, -0.15) is 0 Å². The molecule has 180 valence electrons. The summed E-state index contributed by atoms with van der Waals surface area (Å²) in [5, 5.41) is 3.61. The van der Waals surface area contributed by atoms with Gasteiger partial charge < -0.3 is 10.2 Å². The van der Waals surface area contributed by atoms with Crippen LogP contribution >= 0.6 is 23.2 Å². The molecule has 2 aromatic carbocycles. The maximum Gasteiger partial charge on any atom is 0.261 e. The average Bonchev–Trinajstić information content (AvgIpc) is 3.03. The minimum atomic E-state index is -0.776. The van der Waals surface area contributed by atoms with E-state index in [4.69, 9.17) is 23.2 Å². The van der Waals surface area contributed by atoms with Gasteiger partial charge in [0.2, 0.25) is 11.8 Å². The van der Waals surface area contributed by atoms with Gasteiger partial charge in [-0.15, -0.1) is 0 Å². The second-order valence-corrected chi connectivity index (χ2v) is 9.29. The Morgan fingerprint density at radius 2 is 1.50 bits per heavy atom. The summed E-state index contributed by atoms with van der Waals surface area (Å²) in [6.07, 6.45) is 0.296. The Bertz CT molecular complexity index is 1060. The van der Waals surface area contributed by atoms with Crippen LogP contribution in [0, 0.1) is 0 Å². The molecule has 9 heteroatoms. The van der Waals surface area contributed by atoms with E-state index in [9.17, 15) is 19.2 Å². The molecule has 3 rings (SSSR count). The van der Waals surface area contributed by atoms with Gasteiger partial charge in [-0.1, -0.05) is 41.4 Å². The minimum absolute atomic E-state index is 0.0365. The van der Waals surface area contributed by atoms with Crippen molar-refractivity contribution in [2.24, 2.45) is 0 Å². The molecule has 1 aliphatic rings. The number of fused-ring (bicyclic) bond motifs is 1. The Morgan fingerprint density at radius 1 is 0.941 bits per heavy atom. The highest BCUT2D eigenvalue weighted by Crippen LogP contribution is 2.27. The number of hydrogen-bond donors (Lipinski definition) is 1. The zero-order chi connectivity index (χ0) is 25.0. The molecule has 1 aliphatic heterocycles. The van der Waals surface area contributed by atoms with Crippen LogP contribution in [0.2, 0.25) is 10.0 Å². The van der Waals surface area contributed by atoms with Crippen molar-refractivity contribution in [2.45, 2.75) is 52.2 Å². The van der Waals surface area contributed by atoms with E-state index >= 15 is 0 Å². The van der Waals surface area contributed by atoms with Crippen LogP contribution in [-0.4, -0.2) is 52.1 Å². The molecule has 0 fully saturated rings. The van der Waals surface area contributed by atoms with E-state index in [1.54, 1.807) is 49.4 Å². The molecule has 0 saturated heterocycles. The third-order valence-electron chi connectivity index (χ3n) is 5.64. The van der Waals surface area contributed by atoms with Crippen molar-refractivity contribution in [3.05, 3.63) is 69.2 Å². The van der Waals surface area contributed by atoms with Crippen molar-refractivity contribution in [2.75, 3.05) is 6.54 Å². The van der Waals surface area contributed by atoms with Gasteiger partial charge in [-0.25, -0.2) is 0 Å². The second-order valence-electron chi connectivity index (χ2n) is 8.47. The van der Waals surface area contributed by atoms with E-state index in [1.165, 1.54) is 4.90 Å². The zero-order valence-electron chi connectivity index (χ0n) is 19.3. The van der Waals surface area contributed by atoms with Gasteiger partial charge in [-0.3, -0.25) is 24.1 Å². The third-order valence-corrected chi connectivity index (χ3v) is 6.35. The molecular formula is C25H27Cl2N3O4. The van der Waals surface area contributed by atoms with E-state index in [2.05, 4.69) is 5.32 Å². The lowest BCUT2D eigenvalue weighted by molar-refractivity contribution is -0.140. The van der Waals surface area contributed by atoms with E-state index in [1.807, 2.05) is 13.8 Å². The fourth-order valence-electron chi connectivity index (χ4n) is 3.82. The summed E-state index contributed by atoms with van der Waals surface area (Å²) < 4.78 is 0. The minimum Gasteiger partial charge on any atom is -0.352 e. The number of nitrogens with zero attached hydrogens (tertiary/aromatic N) is 2. The molecule has 0 unspecified atom stereocenters. The average molecular weight is 504 g/mol. The number of hydrogen-bond acceptors (Lipinski definition) is 4. The SMILES string of the molecule is CC(C)NC(=O)[C@H](C)N(Cc1c(Cl)cccc1Cl)C(=O)CCCN1C(=O)c2ccccc2C1=O. The van der Waals surface area contributed by atoms with Crippen molar-refractivity contribution < 1.29 is 19.2 Å². The Kier molecular flexibility index (Phi) is 8.33. The van der Waals surface area contributed by atoms with Crippen LogP contribution < -0.4 is 5.32 Å². The molecule has 34 heavy (non-hydrogen) atoms. The van der Waals surface area contributed by atoms with Crippen LogP contribution in [0.3, 0.4) is 0 Å². The number of carbonyl (C=O) groups excluding carboxylic acids is 4. The maximum atomic E-state index is 13.2. The first-order chi connectivity index (χ1) is 16.1. The Balaban J connectivity index is 1.72.